The van der Waals surface area contributed by atoms with E-state index in [1.165, 1.54) is 0 Å². The van der Waals surface area contributed by atoms with Gasteiger partial charge in [-0.25, -0.2) is 0 Å². The van der Waals surface area contributed by atoms with Crippen molar-refractivity contribution in [1.82, 2.24) is 14.8 Å². The Morgan fingerprint density at radius 2 is 1.69 bits per heavy atom. The highest BCUT2D eigenvalue weighted by Crippen LogP contribution is 2.42. The van der Waals surface area contributed by atoms with Gasteiger partial charge in [-0.2, -0.15) is 0 Å². The number of carbonyl (C=O) groups excluding carboxylic acids is 2. The lowest BCUT2D eigenvalue weighted by atomic mass is 9.86. The summed E-state index contributed by atoms with van der Waals surface area (Å²) in [5.74, 6) is 0.815. The first-order valence-electron chi connectivity index (χ1n) is 12.0. The minimum absolute atomic E-state index is 0.0116. The summed E-state index contributed by atoms with van der Waals surface area (Å²) < 4.78 is 5.24. The van der Waals surface area contributed by atoms with Crippen molar-refractivity contribution in [3.63, 3.8) is 0 Å². The number of ether oxygens (including phenoxy) is 1. The largest absolute Gasteiger partial charge is 0.497 e. The molecule has 2 aliphatic rings. The number of benzene rings is 3. The Morgan fingerprint density at radius 3 is 2.46 bits per heavy atom. The van der Waals surface area contributed by atoms with Crippen molar-refractivity contribution in [2.24, 2.45) is 0 Å². The number of nitrogens with one attached hydrogen (secondary N) is 1. The van der Waals surface area contributed by atoms with E-state index in [-0.39, 0.29) is 24.4 Å². The monoisotopic (exact) mass is 465 g/mol. The summed E-state index contributed by atoms with van der Waals surface area (Å²) in [5.41, 5.74) is 5.31. The van der Waals surface area contributed by atoms with Gasteiger partial charge >= 0.3 is 0 Å². The molecule has 3 aromatic carbocycles. The molecule has 2 amide bonds. The molecular weight excluding hydrogens is 438 g/mol. The number of amides is 2. The quantitative estimate of drug-likeness (QED) is 0.483. The second kappa shape index (κ2) is 8.62. The zero-order valence-electron chi connectivity index (χ0n) is 19.6. The lowest BCUT2D eigenvalue weighted by molar-refractivity contribution is -0.158. The molecule has 1 aromatic heterocycles. The van der Waals surface area contributed by atoms with Gasteiger partial charge in [-0.05, 0) is 41.3 Å². The minimum Gasteiger partial charge on any atom is -0.497 e. The molecule has 1 fully saturated rings. The topological polar surface area (TPSA) is 65.6 Å². The predicted octanol–water partition coefficient (Wildman–Crippen LogP) is 4.10. The van der Waals surface area contributed by atoms with E-state index in [0.717, 1.165) is 39.0 Å². The molecule has 0 unspecified atom stereocenters. The maximum atomic E-state index is 13.8. The summed E-state index contributed by atoms with van der Waals surface area (Å²) in [5, 5.41) is 1.12. The number of nitrogens with zero attached hydrogens (tertiary/aromatic N) is 2. The number of fused-ring (bicyclic) bond motifs is 4. The van der Waals surface area contributed by atoms with E-state index in [9.17, 15) is 9.59 Å². The van der Waals surface area contributed by atoms with Crippen LogP contribution in [-0.2, 0) is 22.4 Å². The predicted molar refractivity (Wildman–Crippen MR) is 134 cm³/mol. The number of hydrogen-bond acceptors (Lipinski definition) is 3. The molecule has 0 spiro atoms. The molecule has 6 nitrogen and oxygen atoms in total. The molecular formula is C29H27N3O3. The summed E-state index contributed by atoms with van der Waals surface area (Å²) in [6.07, 6.45) is 1.21. The van der Waals surface area contributed by atoms with Crippen molar-refractivity contribution >= 4 is 22.7 Å². The zero-order valence-corrected chi connectivity index (χ0v) is 19.6. The summed E-state index contributed by atoms with van der Waals surface area (Å²) in [4.78, 5) is 34.5. The van der Waals surface area contributed by atoms with Crippen LogP contribution in [0.1, 0.15) is 28.4 Å². The number of H-pyrrole nitrogens is 1. The smallest absolute Gasteiger partial charge is 0.246 e. The molecule has 35 heavy (non-hydrogen) atoms. The Balaban J connectivity index is 1.34. The van der Waals surface area contributed by atoms with E-state index in [1.54, 1.807) is 12.0 Å². The summed E-state index contributed by atoms with van der Waals surface area (Å²) >= 11 is 0. The highest BCUT2D eigenvalue weighted by Gasteiger charge is 2.48. The summed E-state index contributed by atoms with van der Waals surface area (Å²) in [6.45, 7) is 0.613. The van der Waals surface area contributed by atoms with Crippen LogP contribution in [0.25, 0.3) is 10.9 Å². The molecule has 4 aromatic rings. The van der Waals surface area contributed by atoms with Gasteiger partial charge in [0.15, 0.2) is 0 Å². The first-order chi connectivity index (χ1) is 17.1. The molecule has 6 heteroatoms. The highest BCUT2D eigenvalue weighted by atomic mass is 16.5. The average molecular weight is 466 g/mol. The highest BCUT2D eigenvalue weighted by molar-refractivity contribution is 5.97. The van der Waals surface area contributed by atoms with E-state index in [2.05, 4.69) is 17.1 Å². The molecule has 0 saturated carbocycles. The molecule has 3 heterocycles. The third-order valence-electron chi connectivity index (χ3n) is 7.29. The van der Waals surface area contributed by atoms with Crippen molar-refractivity contribution in [2.75, 3.05) is 20.2 Å². The van der Waals surface area contributed by atoms with Gasteiger partial charge in [-0.1, -0.05) is 60.7 Å². The lowest BCUT2D eigenvalue weighted by Crippen LogP contribution is -2.63. The van der Waals surface area contributed by atoms with E-state index in [1.807, 2.05) is 71.6 Å². The summed E-state index contributed by atoms with van der Waals surface area (Å²) in [7, 11) is 1.64. The number of rotatable bonds is 5. The van der Waals surface area contributed by atoms with Crippen LogP contribution in [0, 0.1) is 0 Å². The standard InChI is InChI=1S/C29H27N3O3/c1-35-21-13-11-19(12-14-21)15-16-31-18-26(33)32-25(29(31)34)17-23-22-9-5-6-10-24(22)30-27(23)28(32)20-7-3-2-4-8-20/h2-14,25,28,30H,15-18H2,1H3/t25-,28+/m0/s1. The molecule has 0 bridgehead atoms. The maximum absolute atomic E-state index is 13.8. The van der Waals surface area contributed by atoms with Crippen LogP contribution in [0.3, 0.4) is 0 Å². The number of hydrogen-bond donors (Lipinski definition) is 1. The van der Waals surface area contributed by atoms with Crippen LogP contribution < -0.4 is 4.74 Å². The number of piperazine rings is 1. The van der Waals surface area contributed by atoms with Gasteiger partial charge in [0.25, 0.3) is 0 Å². The molecule has 1 N–H and O–H groups in total. The Kier molecular flexibility index (Phi) is 5.29. The van der Waals surface area contributed by atoms with Crippen molar-refractivity contribution in [3.8, 4) is 5.75 Å². The van der Waals surface area contributed by atoms with Crippen LogP contribution in [-0.4, -0.2) is 52.8 Å². The summed E-state index contributed by atoms with van der Waals surface area (Å²) in [6, 6.07) is 25.2. The van der Waals surface area contributed by atoms with Crippen molar-refractivity contribution in [1.29, 1.82) is 0 Å². The van der Waals surface area contributed by atoms with Gasteiger partial charge in [-0.15, -0.1) is 0 Å². The van der Waals surface area contributed by atoms with Crippen LogP contribution in [0.15, 0.2) is 78.9 Å². The first kappa shape index (κ1) is 21.5. The fraction of sp³-hybridized carbons (Fsp3) is 0.241. The Bertz CT molecular complexity index is 1390. The Hall–Kier alpha value is -4.06. The number of aromatic nitrogens is 1. The second-order valence-electron chi connectivity index (χ2n) is 9.25. The molecule has 1 saturated heterocycles. The zero-order chi connectivity index (χ0) is 23.9. The van der Waals surface area contributed by atoms with E-state index in [0.29, 0.717) is 19.4 Å². The minimum atomic E-state index is -0.510. The molecule has 0 aliphatic carbocycles. The first-order valence-corrected chi connectivity index (χ1v) is 12.0. The SMILES string of the molecule is COc1ccc(CCN2CC(=O)N3[C@H](c4ccccc4)c4[nH]c5ccccc5c4C[C@H]3C2=O)cc1. The second-order valence-corrected chi connectivity index (χ2v) is 9.25. The normalized spacial score (nSPS) is 19.6. The van der Waals surface area contributed by atoms with E-state index in [4.69, 9.17) is 4.74 Å². The molecule has 6 rings (SSSR count). The van der Waals surface area contributed by atoms with Crippen molar-refractivity contribution < 1.29 is 14.3 Å². The average Bonchev–Trinajstić information content (AvgIpc) is 3.28. The molecule has 176 valence electrons. The van der Waals surface area contributed by atoms with Gasteiger partial charge in [0.2, 0.25) is 11.8 Å². The fourth-order valence-electron chi connectivity index (χ4n) is 5.55. The third-order valence-corrected chi connectivity index (χ3v) is 7.29. The Morgan fingerprint density at radius 1 is 0.943 bits per heavy atom. The number of carbonyl (C=O) groups is 2. The lowest BCUT2D eigenvalue weighted by Gasteiger charge is -2.47. The van der Waals surface area contributed by atoms with Gasteiger partial charge in [0.05, 0.1) is 19.7 Å². The van der Waals surface area contributed by atoms with Crippen LogP contribution in [0.5, 0.6) is 5.75 Å². The maximum Gasteiger partial charge on any atom is 0.246 e. The van der Waals surface area contributed by atoms with Gasteiger partial charge in [-0.3, -0.25) is 9.59 Å². The van der Waals surface area contributed by atoms with Gasteiger partial charge in [0, 0.05) is 29.6 Å². The molecule has 2 aliphatic heterocycles. The molecule has 0 radical (unpaired) electrons. The van der Waals surface area contributed by atoms with E-state index < -0.39 is 6.04 Å². The number of para-hydroxylation sites is 1. The number of methoxy groups -OCH3 is 1. The van der Waals surface area contributed by atoms with Crippen LogP contribution >= 0.6 is 0 Å². The fourth-order valence-corrected chi connectivity index (χ4v) is 5.55. The number of aromatic amines is 1. The van der Waals surface area contributed by atoms with Crippen LogP contribution in [0.4, 0.5) is 0 Å². The van der Waals surface area contributed by atoms with E-state index >= 15 is 0 Å². The van der Waals surface area contributed by atoms with Crippen LogP contribution in [0.2, 0.25) is 0 Å². The van der Waals surface area contributed by atoms with Crippen molar-refractivity contribution in [2.45, 2.75) is 24.9 Å². The molecule has 2 atom stereocenters. The Labute approximate surface area is 204 Å². The van der Waals surface area contributed by atoms with Gasteiger partial charge in [0.1, 0.15) is 11.8 Å². The van der Waals surface area contributed by atoms with Crippen molar-refractivity contribution in [3.05, 3.63) is 101 Å². The third kappa shape index (κ3) is 3.66. The van der Waals surface area contributed by atoms with Gasteiger partial charge < -0.3 is 19.5 Å².